The van der Waals surface area contributed by atoms with Gasteiger partial charge in [-0.15, -0.1) is 11.3 Å². The number of nitrogens with one attached hydrogen (secondary N) is 1. The Bertz CT molecular complexity index is 1330. The quantitative estimate of drug-likeness (QED) is 0.530. The molecule has 6 nitrogen and oxygen atoms in total. The Morgan fingerprint density at radius 1 is 1.04 bits per heavy atom. The predicted octanol–water partition coefficient (Wildman–Crippen LogP) is 3.62. The predicted molar refractivity (Wildman–Crippen MR) is 107 cm³/mol. The summed E-state index contributed by atoms with van der Waals surface area (Å²) in [6, 6.07) is 13.1. The van der Waals surface area contributed by atoms with Gasteiger partial charge in [-0.3, -0.25) is 4.79 Å². The van der Waals surface area contributed by atoms with Crippen molar-refractivity contribution >= 4 is 43.2 Å². The van der Waals surface area contributed by atoms with E-state index >= 15 is 0 Å². The minimum absolute atomic E-state index is 0.00759. The van der Waals surface area contributed by atoms with Gasteiger partial charge in [-0.05, 0) is 30.3 Å². The van der Waals surface area contributed by atoms with E-state index in [4.69, 9.17) is 16.7 Å². The molecule has 0 saturated heterocycles. The molecule has 2 aromatic heterocycles. The Morgan fingerprint density at radius 3 is 2.41 bits per heavy atom. The lowest BCUT2D eigenvalue weighted by atomic mass is 10.1. The van der Waals surface area contributed by atoms with Crippen LogP contribution in [0.25, 0.3) is 32.7 Å². The zero-order valence-electron chi connectivity index (χ0n) is 13.6. The number of thiophene rings is 1. The molecule has 136 valence electrons. The van der Waals surface area contributed by atoms with Crippen LogP contribution in [0.15, 0.2) is 63.6 Å². The van der Waals surface area contributed by atoms with Gasteiger partial charge in [-0.2, -0.15) is 0 Å². The second-order valence-electron chi connectivity index (χ2n) is 5.79. The summed E-state index contributed by atoms with van der Waals surface area (Å²) >= 11 is 7.60. The van der Waals surface area contributed by atoms with Crippen molar-refractivity contribution in [2.45, 2.75) is 4.90 Å². The fourth-order valence-electron chi connectivity index (χ4n) is 2.77. The van der Waals surface area contributed by atoms with Crippen molar-refractivity contribution in [3.63, 3.8) is 0 Å². The molecule has 0 radical (unpaired) electrons. The van der Waals surface area contributed by atoms with E-state index in [-0.39, 0.29) is 10.5 Å². The average Bonchev–Trinajstić information content (AvgIpc) is 3.06. The Balaban J connectivity index is 1.85. The Kier molecular flexibility index (Phi) is 4.35. The van der Waals surface area contributed by atoms with Crippen LogP contribution in [0.3, 0.4) is 0 Å². The van der Waals surface area contributed by atoms with E-state index in [9.17, 15) is 13.2 Å². The van der Waals surface area contributed by atoms with E-state index < -0.39 is 10.0 Å². The van der Waals surface area contributed by atoms with E-state index in [1.165, 1.54) is 23.5 Å². The average molecular weight is 418 g/mol. The molecule has 0 saturated carbocycles. The lowest BCUT2D eigenvalue weighted by molar-refractivity contribution is 0.598. The smallest absolute Gasteiger partial charge is 0.260 e. The maximum Gasteiger partial charge on any atom is 0.260 e. The number of aromatic amines is 1. The molecule has 0 bridgehead atoms. The zero-order chi connectivity index (χ0) is 19.2. The van der Waals surface area contributed by atoms with Gasteiger partial charge >= 0.3 is 0 Å². The molecule has 27 heavy (non-hydrogen) atoms. The van der Waals surface area contributed by atoms with Gasteiger partial charge in [0.15, 0.2) is 0 Å². The largest absolute Gasteiger partial charge is 0.306 e. The molecular formula is C18H12ClN3O3S2. The number of halogens is 1. The maximum atomic E-state index is 12.7. The number of benzene rings is 2. The molecule has 0 aliphatic carbocycles. The number of fused-ring (bicyclic) bond motifs is 1. The fraction of sp³-hybridized carbons (Fsp3) is 0. The van der Waals surface area contributed by atoms with Crippen LogP contribution in [0.1, 0.15) is 0 Å². The summed E-state index contributed by atoms with van der Waals surface area (Å²) in [6.45, 7) is 0. The molecule has 0 unspecified atom stereocenters. The number of primary sulfonamides is 1. The first-order chi connectivity index (χ1) is 12.8. The molecule has 4 aromatic rings. The summed E-state index contributed by atoms with van der Waals surface area (Å²) in [5.74, 6) is 0.348. The highest BCUT2D eigenvalue weighted by Gasteiger charge is 2.16. The van der Waals surface area contributed by atoms with Crippen LogP contribution >= 0.6 is 22.9 Å². The van der Waals surface area contributed by atoms with Crippen molar-refractivity contribution in [2.75, 3.05) is 0 Å². The van der Waals surface area contributed by atoms with Crippen molar-refractivity contribution in [3.8, 4) is 22.5 Å². The Morgan fingerprint density at radius 2 is 1.74 bits per heavy atom. The highest BCUT2D eigenvalue weighted by atomic mass is 35.5. The third kappa shape index (κ3) is 3.28. The van der Waals surface area contributed by atoms with E-state index in [2.05, 4.69) is 9.97 Å². The third-order valence-electron chi connectivity index (χ3n) is 4.06. The number of aromatic nitrogens is 2. The number of hydrogen-bond acceptors (Lipinski definition) is 5. The molecule has 4 rings (SSSR count). The van der Waals surface area contributed by atoms with Crippen molar-refractivity contribution in [1.82, 2.24) is 9.97 Å². The summed E-state index contributed by atoms with van der Waals surface area (Å²) in [5, 5.41) is 7.98. The van der Waals surface area contributed by atoms with Crippen molar-refractivity contribution in [2.24, 2.45) is 5.14 Å². The summed E-state index contributed by atoms with van der Waals surface area (Å²) in [7, 11) is -3.78. The fourth-order valence-corrected chi connectivity index (χ4v) is 4.46. The van der Waals surface area contributed by atoms with Gasteiger partial charge in [0.2, 0.25) is 10.0 Å². The maximum absolute atomic E-state index is 12.7. The number of H-pyrrole nitrogens is 1. The molecule has 9 heteroatoms. The first-order valence-electron chi connectivity index (χ1n) is 7.74. The highest BCUT2D eigenvalue weighted by Crippen LogP contribution is 2.35. The number of sulfonamides is 1. The Hall–Kier alpha value is -2.52. The minimum atomic E-state index is -3.78. The van der Waals surface area contributed by atoms with Crippen molar-refractivity contribution in [1.29, 1.82) is 0 Å². The van der Waals surface area contributed by atoms with Gasteiger partial charge in [-0.25, -0.2) is 18.5 Å². The van der Waals surface area contributed by atoms with Crippen LogP contribution in [0.4, 0.5) is 0 Å². The van der Waals surface area contributed by atoms with Gasteiger partial charge in [0.25, 0.3) is 5.56 Å². The van der Waals surface area contributed by atoms with E-state index in [0.717, 1.165) is 11.1 Å². The van der Waals surface area contributed by atoms with E-state index in [1.54, 1.807) is 18.2 Å². The molecule has 0 fully saturated rings. The third-order valence-corrected chi connectivity index (χ3v) is 6.20. The topological polar surface area (TPSA) is 106 Å². The summed E-state index contributed by atoms with van der Waals surface area (Å²) in [6.07, 6.45) is 0. The van der Waals surface area contributed by atoms with Crippen LogP contribution in [0, 0.1) is 0 Å². The van der Waals surface area contributed by atoms with Gasteiger partial charge in [0.1, 0.15) is 10.7 Å². The monoisotopic (exact) mass is 417 g/mol. The van der Waals surface area contributed by atoms with Crippen LogP contribution < -0.4 is 10.7 Å². The second kappa shape index (κ2) is 6.58. The van der Waals surface area contributed by atoms with Gasteiger partial charge in [-0.1, -0.05) is 29.8 Å². The normalized spacial score (nSPS) is 11.8. The Labute approximate surface area is 163 Å². The molecule has 0 spiro atoms. The molecular weight excluding hydrogens is 406 g/mol. The number of nitrogens with zero attached hydrogens (tertiary/aromatic N) is 1. The zero-order valence-corrected chi connectivity index (χ0v) is 16.0. The first-order valence-corrected chi connectivity index (χ1v) is 10.5. The molecule has 0 atom stereocenters. The summed E-state index contributed by atoms with van der Waals surface area (Å²) in [5.41, 5.74) is 1.78. The number of nitrogens with two attached hydrogens (primary N) is 1. The lowest BCUT2D eigenvalue weighted by Crippen LogP contribution is -2.12. The SMILES string of the molecule is NS(=O)(=O)c1ccc(-c2nc3scc(-c4ccccc4Cl)c3c(=O)[nH]2)cc1. The van der Waals surface area contributed by atoms with Crippen LogP contribution in [-0.4, -0.2) is 18.4 Å². The van der Waals surface area contributed by atoms with Crippen molar-refractivity contribution < 1.29 is 8.42 Å². The number of rotatable bonds is 3. The van der Waals surface area contributed by atoms with Crippen LogP contribution in [0.2, 0.25) is 5.02 Å². The summed E-state index contributed by atoms with van der Waals surface area (Å²) in [4.78, 5) is 20.5. The molecule has 3 N–H and O–H groups in total. The van der Waals surface area contributed by atoms with Gasteiger partial charge in [0.05, 0.1) is 10.3 Å². The molecule has 0 amide bonds. The van der Waals surface area contributed by atoms with Gasteiger partial charge in [0, 0.05) is 27.1 Å². The van der Waals surface area contributed by atoms with Gasteiger partial charge < -0.3 is 4.98 Å². The standard InChI is InChI=1S/C18H12ClN3O3S2/c19-14-4-2-1-3-12(14)13-9-26-18-15(13)17(23)21-16(22-18)10-5-7-11(8-6-10)27(20,24)25/h1-9H,(H2,20,24,25)(H,21,22,23). The molecule has 2 aromatic carbocycles. The van der Waals surface area contributed by atoms with Crippen molar-refractivity contribution in [3.05, 3.63) is 69.3 Å². The first kappa shape index (κ1) is 17.9. The summed E-state index contributed by atoms with van der Waals surface area (Å²) < 4.78 is 22.7. The van der Waals surface area contributed by atoms with Crippen LogP contribution in [-0.2, 0) is 10.0 Å². The lowest BCUT2D eigenvalue weighted by Gasteiger charge is -2.04. The highest BCUT2D eigenvalue weighted by molar-refractivity contribution is 7.89. The number of hydrogen-bond donors (Lipinski definition) is 2. The molecule has 0 aliphatic heterocycles. The van der Waals surface area contributed by atoms with E-state index in [0.29, 0.717) is 26.6 Å². The van der Waals surface area contributed by atoms with Crippen LogP contribution in [0.5, 0.6) is 0 Å². The molecule has 0 aliphatic rings. The van der Waals surface area contributed by atoms with E-state index in [1.807, 2.05) is 23.6 Å². The minimum Gasteiger partial charge on any atom is -0.306 e. The second-order valence-corrected chi connectivity index (χ2v) is 8.62. The molecule has 2 heterocycles.